The van der Waals surface area contributed by atoms with Crippen LogP contribution in [0, 0.1) is 11.3 Å². The first-order chi connectivity index (χ1) is 13.2. The maximum Gasteiger partial charge on any atom is 0.573 e. The molecule has 146 valence electrons. The molecule has 7 nitrogen and oxygen atoms in total. The number of halogens is 3. The van der Waals surface area contributed by atoms with Gasteiger partial charge in [-0.2, -0.15) is 5.26 Å². The lowest BCUT2D eigenvalue weighted by Crippen LogP contribution is -2.23. The van der Waals surface area contributed by atoms with Crippen LogP contribution in [0.15, 0.2) is 36.5 Å². The Kier molecular flexibility index (Phi) is 5.37. The van der Waals surface area contributed by atoms with Crippen molar-refractivity contribution in [3.8, 4) is 11.8 Å². The zero-order valence-corrected chi connectivity index (χ0v) is 14.4. The summed E-state index contributed by atoms with van der Waals surface area (Å²) < 4.78 is 40.3. The fourth-order valence-corrected chi connectivity index (χ4v) is 2.79. The monoisotopic (exact) mass is 392 g/mol. The van der Waals surface area contributed by atoms with Gasteiger partial charge < -0.3 is 20.1 Å². The van der Waals surface area contributed by atoms with Crippen molar-refractivity contribution < 1.29 is 27.8 Å². The number of rotatable bonds is 4. The second kappa shape index (κ2) is 7.74. The highest BCUT2D eigenvalue weighted by molar-refractivity contribution is 6.04. The zero-order valence-electron chi connectivity index (χ0n) is 14.4. The maximum absolute atomic E-state index is 12.4. The summed E-state index contributed by atoms with van der Waals surface area (Å²) in [4.78, 5) is 18.3. The number of β-amino-alcohol motifs (C(OH)–C–C–N with tert-alkyl or cyclic N) is 1. The molecule has 2 heterocycles. The minimum absolute atomic E-state index is 0.121. The van der Waals surface area contributed by atoms with Gasteiger partial charge in [-0.15, -0.1) is 13.2 Å². The molecule has 1 fully saturated rings. The number of aliphatic hydroxyl groups is 1. The Bertz CT molecular complexity index is 910. The van der Waals surface area contributed by atoms with Gasteiger partial charge in [0, 0.05) is 25.0 Å². The number of nitriles is 1. The summed E-state index contributed by atoms with van der Waals surface area (Å²) in [6.07, 6.45) is -3.40. The average molecular weight is 392 g/mol. The van der Waals surface area contributed by atoms with Crippen molar-refractivity contribution in [2.24, 2.45) is 0 Å². The summed E-state index contributed by atoms with van der Waals surface area (Å²) in [6, 6.07) is 8.03. The number of carbonyl (C=O) groups is 1. The van der Waals surface area contributed by atoms with Crippen LogP contribution < -0.4 is 15.0 Å². The molecule has 28 heavy (non-hydrogen) atoms. The largest absolute Gasteiger partial charge is 0.573 e. The lowest BCUT2D eigenvalue weighted by molar-refractivity contribution is -0.274. The van der Waals surface area contributed by atoms with Crippen LogP contribution in [-0.4, -0.2) is 41.6 Å². The number of aliphatic hydroxyl groups excluding tert-OH is 1. The molecule has 10 heteroatoms. The Morgan fingerprint density at radius 2 is 2.07 bits per heavy atom. The van der Waals surface area contributed by atoms with Crippen LogP contribution in [0.3, 0.4) is 0 Å². The molecular formula is C18H15F3N4O3. The Morgan fingerprint density at radius 1 is 1.36 bits per heavy atom. The Labute approximate surface area is 158 Å². The molecule has 1 aromatic heterocycles. The summed E-state index contributed by atoms with van der Waals surface area (Å²) in [5, 5.41) is 21.5. The van der Waals surface area contributed by atoms with Gasteiger partial charge in [0.15, 0.2) is 0 Å². The third-order valence-electron chi connectivity index (χ3n) is 4.06. The smallest absolute Gasteiger partial charge is 0.406 e. The van der Waals surface area contributed by atoms with E-state index in [1.807, 2.05) is 6.07 Å². The first-order valence-corrected chi connectivity index (χ1v) is 8.25. The van der Waals surface area contributed by atoms with E-state index in [0.29, 0.717) is 25.3 Å². The quantitative estimate of drug-likeness (QED) is 0.830. The van der Waals surface area contributed by atoms with Crippen LogP contribution in [0.2, 0.25) is 0 Å². The summed E-state index contributed by atoms with van der Waals surface area (Å²) >= 11 is 0. The van der Waals surface area contributed by atoms with Gasteiger partial charge in [0.25, 0.3) is 5.91 Å². The van der Waals surface area contributed by atoms with Crippen LogP contribution in [0.1, 0.15) is 22.3 Å². The number of ether oxygens (including phenoxy) is 1. The van der Waals surface area contributed by atoms with Crippen molar-refractivity contribution in [1.82, 2.24) is 4.98 Å². The maximum atomic E-state index is 12.4. The number of hydrogen-bond donors (Lipinski definition) is 2. The highest BCUT2D eigenvalue weighted by atomic mass is 19.4. The second-order valence-corrected chi connectivity index (χ2v) is 6.12. The van der Waals surface area contributed by atoms with E-state index in [4.69, 9.17) is 0 Å². The summed E-state index contributed by atoms with van der Waals surface area (Å²) in [6.45, 7) is 0.917. The van der Waals surface area contributed by atoms with Gasteiger partial charge in [-0.3, -0.25) is 4.79 Å². The van der Waals surface area contributed by atoms with E-state index in [9.17, 15) is 28.3 Å². The molecule has 1 saturated heterocycles. The molecule has 1 aliphatic rings. The van der Waals surface area contributed by atoms with E-state index in [1.165, 1.54) is 24.4 Å². The molecule has 1 aromatic carbocycles. The Hall–Kier alpha value is -3.32. The van der Waals surface area contributed by atoms with E-state index in [2.05, 4.69) is 15.0 Å². The van der Waals surface area contributed by atoms with Gasteiger partial charge in [0.1, 0.15) is 17.6 Å². The summed E-state index contributed by atoms with van der Waals surface area (Å²) in [5.41, 5.74) is 0.566. The molecule has 2 N–H and O–H groups in total. The van der Waals surface area contributed by atoms with Gasteiger partial charge in [0.05, 0.1) is 17.2 Å². The standard InChI is InChI=1S/C18H15F3N4O3/c19-18(20,21)28-15-3-1-13(2-4-15)24-17(27)12-7-11(8-22)16(23-9-12)25-6-5-14(26)10-25/h1-4,7,9,14,26H,5-6,10H2,(H,24,27). The molecule has 3 rings (SSSR count). The number of hydrogen-bond acceptors (Lipinski definition) is 6. The fourth-order valence-electron chi connectivity index (χ4n) is 2.79. The van der Waals surface area contributed by atoms with Crippen LogP contribution in [0.4, 0.5) is 24.7 Å². The van der Waals surface area contributed by atoms with Crippen LogP contribution in [0.25, 0.3) is 0 Å². The van der Waals surface area contributed by atoms with Crippen LogP contribution in [-0.2, 0) is 0 Å². The van der Waals surface area contributed by atoms with Gasteiger partial charge in [-0.1, -0.05) is 0 Å². The number of anilines is 2. The molecular weight excluding hydrogens is 377 g/mol. The lowest BCUT2D eigenvalue weighted by atomic mass is 10.1. The van der Waals surface area contributed by atoms with Crippen LogP contribution in [0.5, 0.6) is 5.75 Å². The third-order valence-corrected chi connectivity index (χ3v) is 4.06. The van der Waals surface area contributed by atoms with E-state index >= 15 is 0 Å². The number of aromatic nitrogens is 1. The van der Waals surface area contributed by atoms with E-state index in [0.717, 1.165) is 12.1 Å². The van der Waals surface area contributed by atoms with Crippen LogP contribution >= 0.6 is 0 Å². The highest BCUT2D eigenvalue weighted by Crippen LogP contribution is 2.25. The first kappa shape index (κ1) is 19.4. The highest BCUT2D eigenvalue weighted by Gasteiger charge is 2.31. The van der Waals surface area contributed by atoms with Gasteiger partial charge in [0.2, 0.25) is 0 Å². The zero-order chi connectivity index (χ0) is 20.3. The molecule has 1 atom stereocenters. The number of amides is 1. The first-order valence-electron chi connectivity index (χ1n) is 8.25. The predicted octanol–water partition coefficient (Wildman–Crippen LogP) is 2.68. The number of nitrogens with zero attached hydrogens (tertiary/aromatic N) is 3. The van der Waals surface area contributed by atoms with Gasteiger partial charge in [-0.25, -0.2) is 4.98 Å². The number of pyridine rings is 1. The molecule has 0 bridgehead atoms. The summed E-state index contributed by atoms with van der Waals surface area (Å²) in [7, 11) is 0. The molecule has 1 amide bonds. The molecule has 0 aliphatic carbocycles. The number of carbonyl (C=O) groups excluding carboxylic acids is 1. The number of nitrogens with one attached hydrogen (secondary N) is 1. The number of benzene rings is 1. The van der Waals surface area contributed by atoms with Crippen molar-refractivity contribution in [3.05, 3.63) is 47.7 Å². The third kappa shape index (κ3) is 4.69. The van der Waals surface area contributed by atoms with E-state index in [1.54, 1.807) is 4.90 Å². The normalized spacial score (nSPS) is 16.5. The van der Waals surface area contributed by atoms with Gasteiger partial charge >= 0.3 is 6.36 Å². The van der Waals surface area contributed by atoms with Crippen molar-refractivity contribution in [1.29, 1.82) is 5.26 Å². The van der Waals surface area contributed by atoms with E-state index in [-0.39, 0.29) is 16.8 Å². The lowest BCUT2D eigenvalue weighted by Gasteiger charge is -2.18. The van der Waals surface area contributed by atoms with Crippen molar-refractivity contribution in [2.45, 2.75) is 18.9 Å². The Balaban J connectivity index is 1.71. The molecule has 0 spiro atoms. The topological polar surface area (TPSA) is 98.5 Å². The molecule has 2 aromatic rings. The molecule has 1 unspecified atom stereocenters. The molecule has 0 radical (unpaired) electrons. The van der Waals surface area contributed by atoms with Gasteiger partial charge in [-0.05, 0) is 36.8 Å². The second-order valence-electron chi connectivity index (χ2n) is 6.12. The number of alkyl halides is 3. The Morgan fingerprint density at radius 3 is 2.64 bits per heavy atom. The fraction of sp³-hybridized carbons (Fsp3) is 0.278. The van der Waals surface area contributed by atoms with Crippen molar-refractivity contribution in [3.63, 3.8) is 0 Å². The van der Waals surface area contributed by atoms with Crippen molar-refractivity contribution >= 4 is 17.4 Å². The molecule has 1 aliphatic heterocycles. The molecule has 0 saturated carbocycles. The predicted molar refractivity (Wildman–Crippen MR) is 92.9 cm³/mol. The minimum Gasteiger partial charge on any atom is -0.406 e. The minimum atomic E-state index is -4.79. The van der Waals surface area contributed by atoms with E-state index < -0.39 is 24.1 Å². The average Bonchev–Trinajstić information content (AvgIpc) is 3.07. The van der Waals surface area contributed by atoms with Crippen molar-refractivity contribution in [2.75, 3.05) is 23.3 Å². The summed E-state index contributed by atoms with van der Waals surface area (Å²) in [5.74, 6) is -0.582. The SMILES string of the molecule is N#Cc1cc(C(=O)Nc2ccc(OC(F)(F)F)cc2)cnc1N1CCC(O)C1.